The van der Waals surface area contributed by atoms with Gasteiger partial charge in [-0.15, -0.1) is 0 Å². The third-order valence-electron chi connectivity index (χ3n) is 2.97. The molecule has 10 nitrogen and oxygen atoms in total. The molecule has 10 heteroatoms. The molecule has 1 saturated heterocycles. The molecular weight excluding hydrogens is 320 g/mol. The molecule has 0 aromatic carbocycles. The second-order valence-corrected chi connectivity index (χ2v) is 4.87. The van der Waals surface area contributed by atoms with Crippen LogP contribution in [0.3, 0.4) is 0 Å². The minimum absolute atomic E-state index is 0.0143. The highest BCUT2D eigenvalue weighted by molar-refractivity contribution is 5.96. The van der Waals surface area contributed by atoms with Crippen molar-refractivity contribution in [3.63, 3.8) is 0 Å². The fourth-order valence-electron chi connectivity index (χ4n) is 1.77. The van der Waals surface area contributed by atoms with Crippen molar-refractivity contribution < 1.29 is 28.7 Å². The number of ether oxygens (including phenoxy) is 2. The first-order chi connectivity index (χ1) is 11.4. The van der Waals surface area contributed by atoms with Gasteiger partial charge in [0, 0.05) is 24.9 Å². The highest BCUT2D eigenvalue weighted by atomic mass is 16.5. The van der Waals surface area contributed by atoms with Gasteiger partial charge in [-0.1, -0.05) is 6.58 Å². The zero-order chi connectivity index (χ0) is 17.5. The lowest BCUT2D eigenvalue weighted by Crippen LogP contribution is -2.36. The molecule has 3 amide bonds. The van der Waals surface area contributed by atoms with Gasteiger partial charge in [-0.25, -0.2) is 14.4 Å². The highest BCUT2D eigenvalue weighted by Crippen LogP contribution is 2.02. The Morgan fingerprint density at radius 1 is 1.25 bits per heavy atom. The summed E-state index contributed by atoms with van der Waals surface area (Å²) in [6.45, 7) is 3.59. The number of carbonyl (C=O) groups is 4. The van der Waals surface area contributed by atoms with Crippen molar-refractivity contribution in [1.82, 2.24) is 21.3 Å². The molecule has 1 unspecified atom stereocenters. The zero-order valence-electron chi connectivity index (χ0n) is 12.6. The van der Waals surface area contributed by atoms with Gasteiger partial charge in [-0.3, -0.25) is 4.79 Å². The Balaban J connectivity index is 1.68. The lowest BCUT2D eigenvalue weighted by Gasteiger charge is -2.16. The molecule has 0 aromatic heterocycles. The van der Waals surface area contributed by atoms with Gasteiger partial charge in [0.15, 0.2) is 0 Å². The average molecular weight is 336 g/mol. The van der Waals surface area contributed by atoms with Gasteiger partial charge < -0.3 is 30.7 Å². The van der Waals surface area contributed by atoms with Crippen molar-refractivity contribution in [1.29, 1.82) is 0 Å². The SMILES string of the molecule is C=C1NC=C(COC(=O)C=CC(=O)OCC2CNC(=O)N2)C(=O)N1. The quantitative estimate of drug-likeness (QED) is 0.338. The maximum atomic E-state index is 11.5. The van der Waals surface area contributed by atoms with E-state index >= 15 is 0 Å². The van der Waals surface area contributed by atoms with Crippen LogP contribution in [0.2, 0.25) is 0 Å². The van der Waals surface area contributed by atoms with E-state index in [-0.39, 0.29) is 30.9 Å². The van der Waals surface area contributed by atoms with Crippen LogP contribution < -0.4 is 21.3 Å². The number of nitrogens with one attached hydrogen (secondary N) is 4. The van der Waals surface area contributed by atoms with Gasteiger partial charge in [-0.05, 0) is 0 Å². The predicted octanol–water partition coefficient (Wildman–Crippen LogP) is -1.62. The largest absolute Gasteiger partial charge is 0.460 e. The number of urea groups is 1. The Morgan fingerprint density at radius 3 is 2.58 bits per heavy atom. The molecule has 0 saturated carbocycles. The Bertz CT molecular complexity index is 639. The number of esters is 2. The van der Waals surface area contributed by atoms with E-state index in [1.807, 2.05) is 0 Å². The first-order valence-corrected chi connectivity index (χ1v) is 6.96. The smallest absolute Gasteiger partial charge is 0.331 e. The van der Waals surface area contributed by atoms with E-state index < -0.39 is 17.8 Å². The standard InChI is InChI=1S/C14H16N4O6/c1-8-15-4-9(13(21)17-8)6-23-11(19)2-3-12(20)24-7-10-5-16-14(22)18-10/h2-4,10,15H,1,5-7H2,(H,17,21)(H2,16,18,22). The van der Waals surface area contributed by atoms with Crippen LogP contribution in [0, 0.1) is 0 Å². The van der Waals surface area contributed by atoms with Crippen LogP contribution in [0.4, 0.5) is 4.79 Å². The number of rotatable bonds is 6. The topological polar surface area (TPSA) is 135 Å². The summed E-state index contributed by atoms with van der Waals surface area (Å²) in [5.74, 6) is -1.66. The second kappa shape index (κ2) is 7.81. The molecular formula is C14H16N4O6. The van der Waals surface area contributed by atoms with Gasteiger partial charge in [0.05, 0.1) is 11.6 Å². The summed E-state index contributed by atoms with van der Waals surface area (Å²) in [4.78, 5) is 45.3. The first kappa shape index (κ1) is 17.1. The van der Waals surface area contributed by atoms with E-state index in [0.717, 1.165) is 12.2 Å². The maximum absolute atomic E-state index is 11.5. The third kappa shape index (κ3) is 5.16. The van der Waals surface area contributed by atoms with E-state index in [9.17, 15) is 19.2 Å². The Labute approximate surface area is 136 Å². The maximum Gasteiger partial charge on any atom is 0.331 e. The molecule has 2 aliphatic rings. The summed E-state index contributed by atoms with van der Waals surface area (Å²) < 4.78 is 9.69. The van der Waals surface area contributed by atoms with E-state index in [0.29, 0.717) is 12.4 Å². The van der Waals surface area contributed by atoms with E-state index in [1.54, 1.807) is 0 Å². The van der Waals surface area contributed by atoms with Gasteiger partial charge >= 0.3 is 18.0 Å². The first-order valence-electron chi connectivity index (χ1n) is 6.96. The number of hydrogen-bond acceptors (Lipinski definition) is 7. The lowest BCUT2D eigenvalue weighted by atomic mass is 10.2. The zero-order valence-corrected chi connectivity index (χ0v) is 12.6. The molecule has 2 heterocycles. The lowest BCUT2D eigenvalue weighted by molar-refractivity contribution is -0.140. The van der Waals surface area contributed by atoms with Crippen molar-refractivity contribution in [3.05, 3.63) is 36.3 Å². The van der Waals surface area contributed by atoms with E-state index in [1.165, 1.54) is 6.20 Å². The van der Waals surface area contributed by atoms with Crippen molar-refractivity contribution in [2.75, 3.05) is 19.8 Å². The average Bonchev–Trinajstić information content (AvgIpc) is 2.95. The van der Waals surface area contributed by atoms with Crippen molar-refractivity contribution in [3.8, 4) is 0 Å². The summed E-state index contributed by atoms with van der Waals surface area (Å²) in [5, 5.41) is 10.1. The molecule has 24 heavy (non-hydrogen) atoms. The van der Waals surface area contributed by atoms with Crippen LogP contribution in [0.25, 0.3) is 0 Å². The van der Waals surface area contributed by atoms with Gasteiger partial charge in [0.2, 0.25) is 0 Å². The van der Waals surface area contributed by atoms with Crippen molar-refractivity contribution in [2.45, 2.75) is 6.04 Å². The van der Waals surface area contributed by atoms with Crippen LogP contribution in [0.1, 0.15) is 0 Å². The molecule has 128 valence electrons. The van der Waals surface area contributed by atoms with Crippen molar-refractivity contribution in [2.24, 2.45) is 0 Å². The minimum Gasteiger partial charge on any atom is -0.460 e. The molecule has 4 N–H and O–H groups in total. The summed E-state index contributed by atoms with van der Waals surface area (Å²) in [6.07, 6.45) is 3.17. The predicted molar refractivity (Wildman–Crippen MR) is 79.9 cm³/mol. The van der Waals surface area contributed by atoms with Crippen molar-refractivity contribution >= 4 is 23.9 Å². The molecule has 0 aliphatic carbocycles. The Hall–Kier alpha value is -3.30. The Morgan fingerprint density at radius 2 is 1.96 bits per heavy atom. The molecule has 0 aromatic rings. The molecule has 0 spiro atoms. The van der Waals surface area contributed by atoms with E-state index in [2.05, 4.69) is 27.8 Å². The third-order valence-corrected chi connectivity index (χ3v) is 2.97. The summed E-state index contributed by atoms with van der Waals surface area (Å²) in [5.41, 5.74) is 0.205. The van der Waals surface area contributed by atoms with Gasteiger partial charge in [0.1, 0.15) is 19.0 Å². The van der Waals surface area contributed by atoms with Crippen LogP contribution in [0.15, 0.2) is 36.3 Å². The summed E-state index contributed by atoms with van der Waals surface area (Å²) >= 11 is 0. The van der Waals surface area contributed by atoms with Gasteiger partial charge in [-0.2, -0.15) is 0 Å². The fraction of sp³-hybridized carbons (Fsp3) is 0.286. The van der Waals surface area contributed by atoms with E-state index in [4.69, 9.17) is 9.47 Å². The fourth-order valence-corrected chi connectivity index (χ4v) is 1.77. The summed E-state index contributed by atoms with van der Waals surface area (Å²) in [6, 6.07) is -0.630. The molecule has 0 bridgehead atoms. The van der Waals surface area contributed by atoms with Crippen LogP contribution in [0.5, 0.6) is 0 Å². The highest BCUT2D eigenvalue weighted by Gasteiger charge is 2.21. The van der Waals surface area contributed by atoms with Gasteiger partial charge in [0.25, 0.3) is 5.91 Å². The summed E-state index contributed by atoms with van der Waals surface area (Å²) in [7, 11) is 0. The van der Waals surface area contributed by atoms with Crippen LogP contribution >= 0.6 is 0 Å². The molecule has 1 fully saturated rings. The number of amides is 3. The molecule has 2 aliphatic heterocycles. The monoisotopic (exact) mass is 336 g/mol. The Kier molecular flexibility index (Phi) is 5.55. The number of hydrogen-bond donors (Lipinski definition) is 4. The second-order valence-electron chi connectivity index (χ2n) is 4.87. The normalized spacial score (nSPS) is 19.8. The number of carbonyl (C=O) groups excluding carboxylic acids is 4. The van der Waals surface area contributed by atoms with Crippen LogP contribution in [-0.2, 0) is 23.9 Å². The minimum atomic E-state index is -0.805. The van der Waals surface area contributed by atoms with Crippen LogP contribution in [-0.4, -0.2) is 49.7 Å². The molecule has 0 radical (unpaired) electrons. The molecule has 1 atom stereocenters. The molecule has 2 rings (SSSR count).